The fraction of sp³-hybridized carbons (Fsp3) is 0.818. The maximum Gasteiger partial charge on any atom is 0.155 e. The van der Waals surface area contributed by atoms with Gasteiger partial charge in [-0.25, -0.2) is 0 Å². The van der Waals surface area contributed by atoms with E-state index in [9.17, 15) is 9.59 Å². The van der Waals surface area contributed by atoms with Gasteiger partial charge in [0.05, 0.1) is 0 Å². The number of carbonyl (C=O) groups excluding carboxylic acids is 2. The van der Waals surface area contributed by atoms with Crippen molar-refractivity contribution < 1.29 is 9.59 Å². The normalized spacial score (nSPS) is 46.3. The average molecular weight is 361 g/mol. The molecule has 4 aliphatic carbocycles. The van der Waals surface area contributed by atoms with Crippen molar-refractivity contribution in [2.24, 2.45) is 34.5 Å². The zero-order valence-corrected chi connectivity index (χ0v) is 16.8. The second-order valence-corrected chi connectivity index (χ2v) is 10.2. The number of fused-ring (bicyclic) bond motifs is 5. The van der Waals surface area contributed by atoms with Crippen LogP contribution in [-0.2, 0) is 9.59 Å². The summed E-state index contributed by atoms with van der Waals surface area (Å²) in [6, 6.07) is 0. The Morgan fingerprint density at radius 2 is 1.96 bits per heavy atom. The van der Waals surface area contributed by atoms with Crippen molar-refractivity contribution in [1.29, 1.82) is 0 Å². The molecule has 3 heteroatoms. The molecule has 3 saturated carbocycles. The fourth-order valence-electron chi connectivity index (χ4n) is 7.18. The van der Waals surface area contributed by atoms with Crippen molar-refractivity contribution in [1.82, 2.24) is 0 Å². The number of carbonyl (C=O) groups is 2. The lowest BCUT2D eigenvalue weighted by Crippen LogP contribution is -2.52. The Hall–Kier alpha value is -0.570. The monoisotopic (exact) mass is 360 g/mol. The lowest BCUT2D eigenvalue weighted by molar-refractivity contribution is -0.134. The van der Waals surface area contributed by atoms with Crippen LogP contribution in [0.4, 0.5) is 0 Å². The molecule has 6 atom stereocenters. The maximum absolute atomic E-state index is 13.0. The van der Waals surface area contributed by atoms with Gasteiger partial charge in [0.2, 0.25) is 0 Å². The lowest BCUT2D eigenvalue weighted by Gasteiger charge is -2.58. The molecule has 0 aromatic heterocycles. The number of ketones is 2. The Morgan fingerprint density at radius 3 is 2.68 bits per heavy atom. The minimum absolute atomic E-state index is 0.0614. The Balaban J connectivity index is 1.71. The standard InChI is InChI=1S/C22H32O2S/c1-4-14-11-19-17-6-5-15-12-16(23)7-10-22(15,13-25-3)18(17)8-9-21(19,2)20(14)24/h12,14,17-19H,4-11,13H2,1-3H3/t14-,17+,18-,19-,21-,22+/m0/s1. The van der Waals surface area contributed by atoms with E-state index in [1.54, 1.807) is 0 Å². The van der Waals surface area contributed by atoms with E-state index in [4.69, 9.17) is 0 Å². The van der Waals surface area contributed by atoms with Crippen LogP contribution in [0.25, 0.3) is 0 Å². The topological polar surface area (TPSA) is 34.1 Å². The first-order chi connectivity index (χ1) is 12.0. The highest BCUT2D eigenvalue weighted by Gasteiger charge is 2.61. The van der Waals surface area contributed by atoms with Crippen LogP contribution in [0.3, 0.4) is 0 Å². The molecule has 0 aromatic carbocycles. The van der Waals surface area contributed by atoms with E-state index in [1.807, 2.05) is 17.8 Å². The Morgan fingerprint density at radius 1 is 1.16 bits per heavy atom. The van der Waals surface area contributed by atoms with Crippen LogP contribution in [0.5, 0.6) is 0 Å². The maximum atomic E-state index is 13.0. The quantitative estimate of drug-likeness (QED) is 0.705. The second kappa shape index (κ2) is 6.25. The van der Waals surface area contributed by atoms with E-state index < -0.39 is 0 Å². The number of allylic oxidation sites excluding steroid dienone is 1. The van der Waals surface area contributed by atoms with Crippen molar-refractivity contribution in [3.05, 3.63) is 11.6 Å². The third-order valence-corrected chi connectivity index (χ3v) is 9.25. The number of hydrogen-bond acceptors (Lipinski definition) is 3. The van der Waals surface area contributed by atoms with Crippen molar-refractivity contribution >= 4 is 23.3 Å². The molecule has 0 spiro atoms. The van der Waals surface area contributed by atoms with E-state index in [0.29, 0.717) is 35.2 Å². The molecule has 25 heavy (non-hydrogen) atoms. The minimum Gasteiger partial charge on any atom is -0.299 e. The van der Waals surface area contributed by atoms with Gasteiger partial charge in [-0.3, -0.25) is 9.59 Å². The Kier molecular flexibility index (Phi) is 4.46. The number of thioether (sulfide) groups is 1. The van der Waals surface area contributed by atoms with E-state index in [-0.39, 0.29) is 10.8 Å². The largest absolute Gasteiger partial charge is 0.299 e. The minimum atomic E-state index is -0.0614. The van der Waals surface area contributed by atoms with Crippen molar-refractivity contribution in [3.63, 3.8) is 0 Å². The first-order valence-corrected chi connectivity index (χ1v) is 11.6. The molecule has 4 aliphatic rings. The average Bonchev–Trinajstić information content (AvgIpc) is 2.87. The van der Waals surface area contributed by atoms with E-state index in [1.165, 1.54) is 18.4 Å². The second-order valence-electron chi connectivity index (χ2n) is 9.30. The molecule has 0 aliphatic heterocycles. The molecule has 0 saturated heterocycles. The first kappa shape index (κ1) is 17.8. The van der Waals surface area contributed by atoms with E-state index in [2.05, 4.69) is 20.1 Å². The van der Waals surface area contributed by atoms with Gasteiger partial charge in [-0.15, -0.1) is 0 Å². The first-order valence-electron chi connectivity index (χ1n) is 10.2. The third-order valence-electron chi connectivity index (χ3n) is 8.44. The molecule has 4 rings (SSSR count). The molecule has 138 valence electrons. The van der Waals surface area contributed by atoms with Gasteiger partial charge in [0, 0.05) is 28.9 Å². The van der Waals surface area contributed by atoms with Crippen LogP contribution < -0.4 is 0 Å². The molecule has 3 fully saturated rings. The lowest BCUT2D eigenvalue weighted by atomic mass is 9.47. The molecule has 0 heterocycles. The summed E-state index contributed by atoms with van der Waals surface area (Å²) in [5.74, 6) is 4.33. The summed E-state index contributed by atoms with van der Waals surface area (Å²) in [6.45, 7) is 4.47. The van der Waals surface area contributed by atoms with Crippen molar-refractivity contribution in [3.8, 4) is 0 Å². The van der Waals surface area contributed by atoms with Gasteiger partial charge in [0.1, 0.15) is 5.78 Å². The molecule has 0 unspecified atom stereocenters. The van der Waals surface area contributed by atoms with E-state index in [0.717, 1.165) is 44.3 Å². The van der Waals surface area contributed by atoms with Gasteiger partial charge in [-0.05, 0) is 75.0 Å². The summed E-state index contributed by atoms with van der Waals surface area (Å²) in [7, 11) is 0. The molecule has 2 nitrogen and oxygen atoms in total. The van der Waals surface area contributed by atoms with Crippen LogP contribution in [-0.4, -0.2) is 23.6 Å². The molecule has 0 aromatic rings. The van der Waals surface area contributed by atoms with Crippen molar-refractivity contribution in [2.45, 2.75) is 65.2 Å². The van der Waals surface area contributed by atoms with Crippen LogP contribution in [0.2, 0.25) is 0 Å². The molecule has 0 bridgehead atoms. The van der Waals surface area contributed by atoms with Gasteiger partial charge in [-0.2, -0.15) is 11.8 Å². The summed E-state index contributed by atoms with van der Waals surface area (Å²) in [4.78, 5) is 25.1. The highest BCUT2D eigenvalue weighted by atomic mass is 32.2. The molecule has 0 N–H and O–H groups in total. The Labute approximate surface area is 156 Å². The Bertz CT molecular complexity index is 624. The molecular formula is C22H32O2S. The summed E-state index contributed by atoms with van der Waals surface area (Å²) in [5, 5.41) is 0. The zero-order valence-electron chi connectivity index (χ0n) is 16.0. The van der Waals surface area contributed by atoms with Gasteiger partial charge in [0.15, 0.2) is 5.78 Å². The van der Waals surface area contributed by atoms with Crippen molar-refractivity contribution in [2.75, 3.05) is 12.0 Å². The van der Waals surface area contributed by atoms with Gasteiger partial charge >= 0.3 is 0 Å². The van der Waals surface area contributed by atoms with Crippen LogP contribution in [0.1, 0.15) is 65.2 Å². The van der Waals surface area contributed by atoms with Crippen LogP contribution >= 0.6 is 11.8 Å². The SMILES string of the molecule is CC[C@H]1C[C@H]2[C@@H]3CCC4=CC(=O)CC[C@]4(CSC)[C@H]3CC[C@]2(C)C1=O. The van der Waals surface area contributed by atoms with Gasteiger partial charge < -0.3 is 0 Å². The molecular weight excluding hydrogens is 328 g/mol. The predicted molar refractivity (Wildman–Crippen MR) is 104 cm³/mol. The smallest absolute Gasteiger partial charge is 0.155 e. The van der Waals surface area contributed by atoms with Gasteiger partial charge in [-0.1, -0.05) is 19.4 Å². The van der Waals surface area contributed by atoms with Crippen LogP contribution in [0.15, 0.2) is 11.6 Å². The summed E-state index contributed by atoms with van der Waals surface area (Å²) < 4.78 is 0. The third kappa shape index (κ3) is 2.44. The highest BCUT2D eigenvalue weighted by Crippen LogP contribution is 2.65. The van der Waals surface area contributed by atoms with Crippen LogP contribution in [0, 0.1) is 34.5 Å². The fourth-order valence-corrected chi connectivity index (χ4v) is 8.24. The highest BCUT2D eigenvalue weighted by molar-refractivity contribution is 7.98. The predicted octanol–water partition coefficient (Wildman–Crippen LogP) is 5.07. The van der Waals surface area contributed by atoms with E-state index >= 15 is 0 Å². The molecule has 0 amide bonds. The zero-order chi connectivity index (χ0) is 17.8. The number of rotatable bonds is 3. The van der Waals surface area contributed by atoms with Gasteiger partial charge in [0.25, 0.3) is 0 Å². The molecule has 0 radical (unpaired) electrons. The number of Topliss-reactive ketones (excluding diaryl/α,β-unsaturated/α-hetero) is 1. The summed E-state index contributed by atoms with van der Waals surface area (Å²) in [5.41, 5.74) is 1.64. The summed E-state index contributed by atoms with van der Waals surface area (Å²) >= 11 is 1.95. The number of hydrogen-bond donors (Lipinski definition) is 0. The summed E-state index contributed by atoms with van der Waals surface area (Å²) in [6.07, 6.45) is 12.7.